The number of carbonyl (C=O) groups is 2. The van der Waals surface area contributed by atoms with Crippen molar-refractivity contribution in [3.63, 3.8) is 0 Å². The molecule has 0 bridgehead atoms. The fourth-order valence-electron chi connectivity index (χ4n) is 2.27. The van der Waals surface area contributed by atoms with E-state index in [9.17, 15) is 18.0 Å². The molecule has 0 unspecified atom stereocenters. The summed E-state index contributed by atoms with van der Waals surface area (Å²) in [7, 11) is -2.50. The normalized spacial score (nSPS) is 13.2. The van der Waals surface area contributed by atoms with Crippen molar-refractivity contribution in [1.29, 1.82) is 0 Å². The minimum atomic E-state index is -3.96. The SMILES string of the molecule is COc1ccccc1NC(=O)[C@@H](C)OC(=O)[C@@H](C)NS(=O)(=O)c1ccc(Cl)cc1. The van der Waals surface area contributed by atoms with Gasteiger partial charge in [-0.3, -0.25) is 9.59 Å². The second kappa shape index (κ2) is 9.73. The predicted molar refractivity (Wildman–Crippen MR) is 108 cm³/mol. The van der Waals surface area contributed by atoms with Crippen molar-refractivity contribution < 1.29 is 27.5 Å². The average molecular weight is 441 g/mol. The Balaban J connectivity index is 1.97. The summed E-state index contributed by atoms with van der Waals surface area (Å²) in [6.45, 7) is 2.70. The zero-order valence-electron chi connectivity index (χ0n) is 16.0. The van der Waals surface area contributed by atoms with Gasteiger partial charge in [-0.1, -0.05) is 23.7 Å². The van der Waals surface area contributed by atoms with Gasteiger partial charge in [0, 0.05) is 5.02 Å². The molecule has 0 aliphatic carbocycles. The van der Waals surface area contributed by atoms with Gasteiger partial charge in [0.15, 0.2) is 6.10 Å². The van der Waals surface area contributed by atoms with Crippen molar-refractivity contribution in [2.75, 3.05) is 12.4 Å². The Morgan fingerprint density at radius 1 is 1.03 bits per heavy atom. The number of amides is 1. The van der Waals surface area contributed by atoms with Crippen LogP contribution in [0.3, 0.4) is 0 Å². The number of benzene rings is 2. The van der Waals surface area contributed by atoms with Crippen molar-refractivity contribution >= 4 is 39.2 Å². The highest BCUT2D eigenvalue weighted by Crippen LogP contribution is 2.23. The number of nitrogens with one attached hydrogen (secondary N) is 2. The van der Waals surface area contributed by atoms with Gasteiger partial charge in [-0.15, -0.1) is 0 Å². The number of hydrogen-bond acceptors (Lipinski definition) is 6. The first-order chi connectivity index (χ1) is 13.6. The molecule has 0 heterocycles. The Morgan fingerprint density at radius 2 is 1.66 bits per heavy atom. The largest absolute Gasteiger partial charge is 0.495 e. The molecule has 0 fully saturated rings. The first-order valence-electron chi connectivity index (χ1n) is 8.56. The first-order valence-corrected chi connectivity index (χ1v) is 10.4. The van der Waals surface area contributed by atoms with Gasteiger partial charge < -0.3 is 14.8 Å². The van der Waals surface area contributed by atoms with Gasteiger partial charge in [0.05, 0.1) is 17.7 Å². The maximum atomic E-state index is 12.3. The van der Waals surface area contributed by atoms with Crippen LogP contribution in [0.25, 0.3) is 0 Å². The first kappa shape index (κ1) is 22.7. The standard InChI is InChI=1S/C19H21ClN2O6S/c1-12(22-29(25,26)15-10-8-14(20)9-11-15)19(24)28-13(2)18(23)21-16-6-4-5-7-17(16)27-3/h4-13,22H,1-3H3,(H,21,23)/t12-,13-/m1/s1. The summed E-state index contributed by atoms with van der Waals surface area (Å²) in [6.07, 6.45) is -1.16. The number of rotatable bonds is 8. The molecule has 2 aromatic carbocycles. The summed E-state index contributed by atoms with van der Waals surface area (Å²) in [5, 5.41) is 2.97. The molecule has 156 valence electrons. The predicted octanol–water partition coefficient (Wildman–Crippen LogP) is 2.59. The fourth-order valence-corrected chi connectivity index (χ4v) is 3.59. The number of anilines is 1. The maximum Gasteiger partial charge on any atom is 0.324 e. The molecule has 0 aliphatic rings. The molecule has 0 saturated carbocycles. The highest BCUT2D eigenvalue weighted by atomic mass is 35.5. The summed E-state index contributed by atoms with van der Waals surface area (Å²) < 4.78 is 37.1. The maximum absolute atomic E-state index is 12.3. The third kappa shape index (κ3) is 6.18. The van der Waals surface area contributed by atoms with Crippen LogP contribution in [0.4, 0.5) is 5.69 Å². The van der Waals surface area contributed by atoms with Crippen molar-refractivity contribution in [3.05, 3.63) is 53.6 Å². The highest BCUT2D eigenvalue weighted by Gasteiger charge is 2.26. The van der Waals surface area contributed by atoms with Crippen LogP contribution in [0.5, 0.6) is 5.75 Å². The van der Waals surface area contributed by atoms with E-state index in [1.54, 1.807) is 24.3 Å². The quantitative estimate of drug-likeness (QED) is 0.610. The van der Waals surface area contributed by atoms with Gasteiger partial charge in [0.2, 0.25) is 10.0 Å². The summed E-state index contributed by atoms with van der Waals surface area (Å²) in [4.78, 5) is 24.5. The molecule has 2 N–H and O–H groups in total. The molecule has 10 heteroatoms. The van der Waals surface area contributed by atoms with Crippen LogP contribution in [0.15, 0.2) is 53.4 Å². The Hall–Kier alpha value is -2.62. The summed E-state index contributed by atoms with van der Waals surface area (Å²) >= 11 is 5.75. The average Bonchev–Trinajstić information content (AvgIpc) is 2.68. The van der Waals surface area contributed by atoms with E-state index in [0.29, 0.717) is 16.5 Å². The van der Waals surface area contributed by atoms with E-state index in [-0.39, 0.29) is 4.90 Å². The van der Waals surface area contributed by atoms with Crippen molar-refractivity contribution in [2.45, 2.75) is 30.9 Å². The van der Waals surface area contributed by atoms with Crippen molar-refractivity contribution in [2.24, 2.45) is 0 Å². The fraction of sp³-hybridized carbons (Fsp3) is 0.263. The van der Waals surface area contributed by atoms with Crippen LogP contribution >= 0.6 is 11.6 Å². The summed E-state index contributed by atoms with van der Waals surface area (Å²) in [6, 6.07) is 11.0. The second-order valence-electron chi connectivity index (χ2n) is 6.07. The van der Waals surface area contributed by atoms with Crippen molar-refractivity contribution in [1.82, 2.24) is 4.72 Å². The molecular weight excluding hydrogens is 420 g/mol. The topological polar surface area (TPSA) is 111 Å². The second-order valence-corrected chi connectivity index (χ2v) is 8.22. The minimum absolute atomic E-state index is 0.0523. The number of ether oxygens (including phenoxy) is 2. The lowest BCUT2D eigenvalue weighted by Crippen LogP contribution is -2.42. The molecule has 8 nitrogen and oxygen atoms in total. The lowest BCUT2D eigenvalue weighted by Gasteiger charge is -2.18. The van der Waals surface area contributed by atoms with Crippen LogP contribution < -0.4 is 14.8 Å². The third-order valence-electron chi connectivity index (χ3n) is 3.84. The van der Waals surface area contributed by atoms with Gasteiger partial charge in [0.25, 0.3) is 5.91 Å². The molecule has 1 amide bonds. The Kier molecular flexibility index (Phi) is 7.60. The van der Waals surface area contributed by atoms with Gasteiger partial charge in [-0.2, -0.15) is 4.72 Å². The van der Waals surface area contributed by atoms with E-state index in [4.69, 9.17) is 21.1 Å². The van der Waals surface area contributed by atoms with E-state index in [0.717, 1.165) is 0 Å². The van der Waals surface area contributed by atoms with E-state index in [1.165, 1.54) is 45.2 Å². The molecular formula is C19H21ClN2O6S. The molecule has 0 aliphatic heterocycles. The van der Waals surface area contributed by atoms with Crippen LogP contribution in [-0.2, 0) is 24.3 Å². The smallest absolute Gasteiger partial charge is 0.324 e. The number of hydrogen-bond donors (Lipinski definition) is 2. The van der Waals surface area contributed by atoms with Gasteiger partial charge in [-0.25, -0.2) is 8.42 Å². The molecule has 0 aromatic heterocycles. The van der Waals surface area contributed by atoms with Gasteiger partial charge in [0.1, 0.15) is 11.8 Å². The zero-order valence-corrected chi connectivity index (χ0v) is 17.6. The van der Waals surface area contributed by atoms with Gasteiger partial charge in [-0.05, 0) is 50.2 Å². The summed E-state index contributed by atoms with van der Waals surface area (Å²) in [5.41, 5.74) is 0.416. The number of halogens is 1. The molecule has 2 aromatic rings. The number of esters is 1. The van der Waals surface area contributed by atoms with Crippen molar-refractivity contribution in [3.8, 4) is 5.75 Å². The monoisotopic (exact) mass is 440 g/mol. The number of carbonyl (C=O) groups excluding carboxylic acids is 2. The zero-order chi connectivity index (χ0) is 21.6. The van der Waals surface area contributed by atoms with Crippen LogP contribution in [0.1, 0.15) is 13.8 Å². The molecule has 2 atom stereocenters. The van der Waals surface area contributed by atoms with Gasteiger partial charge >= 0.3 is 5.97 Å². The molecule has 2 rings (SSSR count). The molecule has 0 spiro atoms. The Bertz CT molecular complexity index is 978. The Morgan fingerprint density at radius 3 is 2.28 bits per heavy atom. The van der Waals surface area contributed by atoms with Crippen LogP contribution in [0, 0.1) is 0 Å². The van der Waals surface area contributed by atoms with E-state index in [2.05, 4.69) is 10.0 Å². The number of para-hydroxylation sites is 2. The minimum Gasteiger partial charge on any atom is -0.495 e. The molecule has 0 saturated heterocycles. The highest BCUT2D eigenvalue weighted by molar-refractivity contribution is 7.89. The van der Waals surface area contributed by atoms with E-state index < -0.39 is 34.0 Å². The lowest BCUT2D eigenvalue weighted by atomic mass is 10.2. The van der Waals surface area contributed by atoms with Crippen LogP contribution in [-0.4, -0.2) is 39.5 Å². The lowest BCUT2D eigenvalue weighted by molar-refractivity contribution is -0.154. The number of methoxy groups -OCH3 is 1. The number of sulfonamides is 1. The van der Waals surface area contributed by atoms with E-state index in [1.807, 2.05) is 0 Å². The summed E-state index contributed by atoms with van der Waals surface area (Å²) in [5.74, 6) is -1.04. The Labute approximate surface area is 174 Å². The van der Waals surface area contributed by atoms with E-state index >= 15 is 0 Å². The van der Waals surface area contributed by atoms with Crippen LogP contribution in [0.2, 0.25) is 5.02 Å². The molecule has 29 heavy (non-hydrogen) atoms. The molecule has 0 radical (unpaired) electrons. The third-order valence-corrected chi connectivity index (χ3v) is 5.65.